The van der Waals surface area contributed by atoms with E-state index in [1.54, 1.807) is 0 Å². The molecule has 25 heavy (non-hydrogen) atoms. The maximum absolute atomic E-state index is 12.4. The quantitative estimate of drug-likeness (QED) is 0.802. The van der Waals surface area contributed by atoms with Gasteiger partial charge in [-0.15, -0.1) is 0 Å². The highest BCUT2D eigenvalue weighted by Crippen LogP contribution is 2.34. The molecule has 3 atom stereocenters. The SMILES string of the molecule is CC(NC(=O)N[C@@H]1c2ccccc2C[C@@H]1O)c1ccc2c(c1)OCO2. The van der Waals surface area contributed by atoms with Gasteiger partial charge in [0.1, 0.15) is 0 Å². The van der Waals surface area contributed by atoms with Gasteiger partial charge >= 0.3 is 6.03 Å². The van der Waals surface area contributed by atoms with Crippen molar-refractivity contribution in [2.24, 2.45) is 0 Å². The van der Waals surface area contributed by atoms with Gasteiger partial charge in [-0.1, -0.05) is 30.3 Å². The minimum absolute atomic E-state index is 0.205. The lowest BCUT2D eigenvalue weighted by atomic mass is 10.1. The van der Waals surface area contributed by atoms with E-state index >= 15 is 0 Å². The fourth-order valence-corrected chi connectivity index (χ4v) is 3.39. The molecule has 0 aromatic heterocycles. The third-order valence-corrected chi connectivity index (χ3v) is 4.73. The zero-order valence-corrected chi connectivity index (χ0v) is 13.9. The van der Waals surface area contributed by atoms with Crippen LogP contribution in [0.15, 0.2) is 42.5 Å². The molecule has 130 valence electrons. The molecule has 0 saturated heterocycles. The van der Waals surface area contributed by atoms with E-state index in [0.29, 0.717) is 17.9 Å². The number of urea groups is 1. The molecule has 4 rings (SSSR count). The third kappa shape index (κ3) is 3.00. The van der Waals surface area contributed by atoms with Crippen LogP contribution in [0.25, 0.3) is 0 Å². The van der Waals surface area contributed by atoms with Gasteiger partial charge in [-0.3, -0.25) is 0 Å². The highest BCUT2D eigenvalue weighted by molar-refractivity contribution is 5.75. The van der Waals surface area contributed by atoms with Crippen LogP contribution in [0.4, 0.5) is 4.79 Å². The summed E-state index contributed by atoms with van der Waals surface area (Å²) in [5.74, 6) is 1.40. The molecule has 2 aromatic rings. The maximum atomic E-state index is 12.4. The van der Waals surface area contributed by atoms with Crippen LogP contribution in [-0.4, -0.2) is 24.0 Å². The zero-order chi connectivity index (χ0) is 17.4. The normalized spacial score (nSPS) is 21.5. The summed E-state index contributed by atoms with van der Waals surface area (Å²) in [6, 6.07) is 12.5. The Kier molecular flexibility index (Phi) is 3.97. The van der Waals surface area contributed by atoms with Crippen molar-refractivity contribution in [2.45, 2.75) is 31.5 Å². The standard InChI is InChI=1S/C19H20N2O4/c1-11(12-6-7-16-17(9-12)25-10-24-16)20-19(23)21-18-14-5-3-2-4-13(14)8-15(18)22/h2-7,9,11,15,18,22H,8,10H2,1H3,(H2,20,21,23)/t11?,15-,18+/m0/s1. The number of benzene rings is 2. The predicted octanol–water partition coefficient (Wildman–Crippen LogP) is 2.43. The number of aliphatic hydroxyl groups excluding tert-OH is 1. The first-order chi connectivity index (χ1) is 12.1. The second-order valence-corrected chi connectivity index (χ2v) is 6.40. The van der Waals surface area contributed by atoms with Crippen molar-refractivity contribution in [2.75, 3.05) is 6.79 Å². The third-order valence-electron chi connectivity index (χ3n) is 4.73. The van der Waals surface area contributed by atoms with Crippen molar-refractivity contribution in [3.8, 4) is 11.5 Å². The van der Waals surface area contributed by atoms with Gasteiger partial charge in [-0.05, 0) is 35.7 Å². The Labute approximate surface area is 145 Å². The molecular weight excluding hydrogens is 320 g/mol. The minimum atomic E-state index is -0.607. The average Bonchev–Trinajstić information content (AvgIpc) is 3.19. The second-order valence-electron chi connectivity index (χ2n) is 6.40. The van der Waals surface area contributed by atoms with E-state index in [1.165, 1.54) is 0 Å². The van der Waals surface area contributed by atoms with E-state index in [2.05, 4.69) is 10.6 Å². The van der Waals surface area contributed by atoms with Crippen molar-refractivity contribution in [1.82, 2.24) is 10.6 Å². The van der Waals surface area contributed by atoms with Crippen LogP contribution in [0.1, 0.15) is 35.7 Å². The molecule has 6 nitrogen and oxygen atoms in total. The van der Waals surface area contributed by atoms with Gasteiger partial charge in [0.05, 0.1) is 18.2 Å². The number of hydrogen-bond acceptors (Lipinski definition) is 4. The molecule has 0 radical (unpaired) electrons. The highest BCUT2D eigenvalue weighted by atomic mass is 16.7. The van der Waals surface area contributed by atoms with E-state index in [0.717, 1.165) is 16.7 Å². The molecule has 0 fully saturated rings. The van der Waals surface area contributed by atoms with Crippen molar-refractivity contribution in [1.29, 1.82) is 0 Å². The Hall–Kier alpha value is -2.73. The molecule has 1 heterocycles. The molecule has 2 aliphatic rings. The average molecular weight is 340 g/mol. The lowest BCUT2D eigenvalue weighted by molar-refractivity contribution is 0.142. The highest BCUT2D eigenvalue weighted by Gasteiger charge is 2.32. The molecule has 1 aliphatic heterocycles. The first-order valence-corrected chi connectivity index (χ1v) is 8.34. The Morgan fingerprint density at radius 3 is 2.88 bits per heavy atom. The predicted molar refractivity (Wildman–Crippen MR) is 91.5 cm³/mol. The molecule has 3 N–H and O–H groups in total. The topological polar surface area (TPSA) is 79.8 Å². The van der Waals surface area contributed by atoms with Crippen LogP contribution in [0.3, 0.4) is 0 Å². The van der Waals surface area contributed by atoms with E-state index in [4.69, 9.17) is 9.47 Å². The summed E-state index contributed by atoms with van der Waals surface area (Å²) in [5, 5.41) is 16.0. The molecule has 2 amide bonds. The van der Waals surface area contributed by atoms with E-state index < -0.39 is 6.10 Å². The molecule has 0 saturated carbocycles. The van der Waals surface area contributed by atoms with Gasteiger partial charge in [0.15, 0.2) is 11.5 Å². The van der Waals surface area contributed by atoms with Crippen LogP contribution < -0.4 is 20.1 Å². The second kappa shape index (κ2) is 6.29. The summed E-state index contributed by atoms with van der Waals surface area (Å²) in [6.45, 7) is 2.12. The number of amides is 2. The number of ether oxygens (including phenoxy) is 2. The van der Waals surface area contributed by atoms with Gasteiger partial charge in [0.2, 0.25) is 6.79 Å². The summed E-state index contributed by atoms with van der Waals surface area (Å²) in [4.78, 5) is 12.4. The summed E-state index contributed by atoms with van der Waals surface area (Å²) in [7, 11) is 0. The van der Waals surface area contributed by atoms with Crippen molar-refractivity contribution in [3.05, 3.63) is 59.2 Å². The fraction of sp³-hybridized carbons (Fsp3) is 0.316. The summed E-state index contributed by atoms with van der Waals surface area (Å²) < 4.78 is 10.7. The Bertz CT molecular complexity index is 808. The lowest BCUT2D eigenvalue weighted by Crippen LogP contribution is -2.41. The van der Waals surface area contributed by atoms with Crippen LogP contribution in [0, 0.1) is 0 Å². The monoisotopic (exact) mass is 340 g/mol. The Morgan fingerprint density at radius 1 is 1.20 bits per heavy atom. The van der Waals surface area contributed by atoms with Gasteiger partial charge in [0.25, 0.3) is 0 Å². The largest absolute Gasteiger partial charge is 0.454 e. The summed E-state index contributed by atoms with van der Waals surface area (Å²) >= 11 is 0. The van der Waals surface area contributed by atoms with Gasteiger partial charge in [-0.2, -0.15) is 0 Å². The number of carbonyl (C=O) groups is 1. The van der Waals surface area contributed by atoms with Crippen molar-refractivity contribution in [3.63, 3.8) is 0 Å². The first kappa shape index (κ1) is 15.8. The summed E-state index contributed by atoms with van der Waals surface area (Å²) in [6.07, 6.45) is -0.0530. The van der Waals surface area contributed by atoms with E-state index in [1.807, 2.05) is 49.4 Å². The van der Waals surface area contributed by atoms with Crippen LogP contribution in [0.5, 0.6) is 11.5 Å². The molecular formula is C19H20N2O4. The van der Waals surface area contributed by atoms with Crippen LogP contribution in [0.2, 0.25) is 0 Å². The minimum Gasteiger partial charge on any atom is -0.454 e. The molecule has 6 heteroatoms. The number of nitrogens with one attached hydrogen (secondary N) is 2. The van der Waals surface area contributed by atoms with Gasteiger partial charge < -0.3 is 25.2 Å². The van der Waals surface area contributed by atoms with Crippen molar-refractivity contribution >= 4 is 6.03 Å². The number of hydrogen-bond donors (Lipinski definition) is 3. The summed E-state index contributed by atoms with van der Waals surface area (Å²) in [5.41, 5.74) is 2.97. The van der Waals surface area contributed by atoms with Crippen molar-refractivity contribution < 1.29 is 19.4 Å². The molecule has 0 bridgehead atoms. The first-order valence-electron chi connectivity index (χ1n) is 8.34. The smallest absolute Gasteiger partial charge is 0.315 e. The molecule has 1 unspecified atom stereocenters. The molecule has 1 aliphatic carbocycles. The van der Waals surface area contributed by atoms with Crippen LogP contribution in [-0.2, 0) is 6.42 Å². The van der Waals surface area contributed by atoms with E-state index in [-0.39, 0.29) is 24.9 Å². The Morgan fingerprint density at radius 2 is 2.00 bits per heavy atom. The number of aliphatic hydroxyl groups is 1. The van der Waals surface area contributed by atoms with Crippen LogP contribution >= 0.6 is 0 Å². The molecule has 2 aromatic carbocycles. The Balaban J connectivity index is 1.42. The fourth-order valence-electron chi connectivity index (χ4n) is 3.39. The van der Waals surface area contributed by atoms with Gasteiger partial charge in [0, 0.05) is 6.42 Å². The lowest BCUT2D eigenvalue weighted by Gasteiger charge is -2.21. The zero-order valence-electron chi connectivity index (χ0n) is 13.9. The van der Waals surface area contributed by atoms with Gasteiger partial charge in [-0.25, -0.2) is 4.79 Å². The molecule has 0 spiro atoms. The number of fused-ring (bicyclic) bond motifs is 2. The number of carbonyl (C=O) groups excluding carboxylic acids is 1. The maximum Gasteiger partial charge on any atom is 0.315 e. The van der Waals surface area contributed by atoms with E-state index in [9.17, 15) is 9.90 Å². The number of rotatable bonds is 3.